The van der Waals surface area contributed by atoms with Crippen LogP contribution in [-0.4, -0.2) is 39.5 Å². The van der Waals surface area contributed by atoms with Crippen molar-refractivity contribution in [1.29, 1.82) is 0 Å². The van der Waals surface area contributed by atoms with Gasteiger partial charge >= 0.3 is 0 Å². The maximum Gasteiger partial charge on any atom is 0.164 e. The Morgan fingerprint density at radius 1 is 0.216 bits per heavy atom. The standard InChI is InChI=1S/C57H34N4O.C37H22ClN3O.C20H13N/c1-3-14-35(15-4-1)38-23-13-24-43(28-38)56-58-55(37-17-5-2-6-18-37)59-57(60-56)49-33-44(34-52-53(49)46-27-26-36-16-11-12-25-45(36)54(46)62-52)61-50-31-41-21-9-7-19-39(41)29-47(50)48-30-40-20-8-10-22-42(40)32-51(48)61;38-28-21-31(33-30-19-18-24-12-7-8-17-29(24)34(30)42-32(33)22-28)37-40-35(25-13-5-2-6-14-25)39-36(41-37)27-16-9-15-26(20-27)23-10-3-1-4-11-23;1-3-7-15-11-19-17(9-13(15)5-1)18-10-14-6-2-4-8-16(14)12-20(18)21-19/h1-34H;1-22H;1-12,21H. The van der Waals surface area contributed by atoms with Gasteiger partial charge in [0.15, 0.2) is 34.9 Å². The van der Waals surface area contributed by atoms with Gasteiger partial charge in [-0.15, -0.1) is 0 Å². The number of fused-ring (bicyclic) bond motifs is 20. The van der Waals surface area contributed by atoms with E-state index < -0.39 is 0 Å². The van der Waals surface area contributed by atoms with Gasteiger partial charge in [0, 0.05) is 115 Å². The van der Waals surface area contributed by atoms with Gasteiger partial charge < -0.3 is 18.4 Å². The van der Waals surface area contributed by atoms with E-state index in [0.29, 0.717) is 45.6 Å². The number of hydrogen-bond donors (Lipinski definition) is 1. The molecule has 0 saturated heterocycles. The van der Waals surface area contributed by atoms with Crippen molar-refractivity contribution >= 4 is 164 Å². The Hall–Kier alpha value is -16.5. The summed E-state index contributed by atoms with van der Waals surface area (Å²) in [5.74, 6) is 3.47. The van der Waals surface area contributed by atoms with E-state index in [1.54, 1.807) is 0 Å². The van der Waals surface area contributed by atoms with Gasteiger partial charge in [-0.05, 0) is 161 Å². The number of H-pyrrole nitrogens is 1. The Kier molecular flexibility index (Phi) is 17.4. The minimum absolute atomic E-state index is 0.535. The molecular weight excluding hydrogens is 1550 g/mol. The predicted octanol–water partition coefficient (Wildman–Crippen LogP) is 30.9. The smallest absolute Gasteiger partial charge is 0.164 e. The Balaban J connectivity index is 0.000000119. The summed E-state index contributed by atoms with van der Waals surface area (Å²) in [5, 5.41) is 23.7. The van der Waals surface area contributed by atoms with Crippen LogP contribution < -0.4 is 0 Å². The third kappa shape index (κ3) is 13.0. The van der Waals surface area contributed by atoms with E-state index in [2.05, 4.69) is 313 Å². The van der Waals surface area contributed by atoms with Crippen molar-refractivity contribution in [3.8, 4) is 96.3 Å². The first-order valence-electron chi connectivity index (χ1n) is 41.9. The highest BCUT2D eigenvalue weighted by atomic mass is 35.5. The molecule has 0 spiro atoms. The molecular formula is C114H69ClN8O2. The van der Waals surface area contributed by atoms with Gasteiger partial charge in [0.1, 0.15) is 22.3 Å². The zero-order valence-electron chi connectivity index (χ0n) is 67.1. The van der Waals surface area contributed by atoms with Crippen LogP contribution in [0, 0.1) is 0 Å². The molecule has 20 aromatic carbocycles. The molecule has 26 rings (SSSR count). The summed E-state index contributed by atoms with van der Waals surface area (Å²) in [5.41, 5.74) is 18.4. The van der Waals surface area contributed by atoms with E-state index in [1.807, 2.05) is 109 Å². The fraction of sp³-hybridized carbons (Fsp3) is 0. The molecule has 0 fully saturated rings. The van der Waals surface area contributed by atoms with Crippen LogP contribution in [0.5, 0.6) is 0 Å². The zero-order valence-corrected chi connectivity index (χ0v) is 67.8. The fourth-order valence-corrected chi connectivity index (χ4v) is 18.5. The number of aromatic nitrogens is 8. The summed E-state index contributed by atoms with van der Waals surface area (Å²) in [6, 6.07) is 144. The van der Waals surface area contributed by atoms with Gasteiger partial charge in [0.05, 0.1) is 16.7 Å². The van der Waals surface area contributed by atoms with E-state index >= 15 is 0 Å². The lowest BCUT2D eigenvalue weighted by molar-refractivity contribution is 0.672. The molecule has 125 heavy (non-hydrogen) atoms. The molecule has 6 aromatic heterocycles. The Morgan fingerprint density at radius 2 is 0.536 bits per heavy atom. The average Bonchev–Trinajstić information content (AvgIpc) is 1.57. The molecule has 0 unspecified atom stereocenters. The molecule has 0 aliphatic carbocycles. The molecule has 0 atom stereocenters. The molecule has 0 aliphatic rings. The number of rotatable bonds is 9. The molecule has 26 aromatic rings. The minimum Gasteiger partial charge on any atom is -0.455 e. The number of benzene rings is 20. The number of halogens is 1. The lowest BCUT2D eigenvalue weighted by Crippen LogP contribution is -2.02. The van der Waals surface area contributed by atoms with Crippen LogP contribution in [0.3, 0.4) is 0 Å². The number of furan rings is 2. The Labute approximate surface area is 720 Å². The summed E-state index contributed by atoms with van der Waals surface area (Å²) in [4.78, 5) is 34.5. The monoisotopic (exact) mass is 1620 g/mol. The van der Waals surface area contributed by atoms with Gasteiger partial charge in [-0.3, -0.25) is 0 Å². The largest absolute Gasteiger partial charge is 0.455 e. The number of nitrogens with zero attached hydrogens (tertiary/aromatic N) is 7. The third-order valence-corrected chi connectivity index (χ3v) is 24.5. The second-order valence-electron chi connectivity index (χ2n) is 31.8. The lowest BCUT2D eigenvalue weighted by atomic mass is 10.0. The number of aromatic amines is 1. The quantitative estimate of drug-likeness (QED) is 0.152. The molecule has 1 N–H and O–H groups in total. The summed E-state index contributed by atoms with van der Waals surface area (Å²) < 4.78 is 15.9. The summed E-state index contributed by atoms with van der Waals surface area (Å²) >= 11 is 6.69. The van der Waals surface area contributed by atoms with Gasteiger partial charge in [-0.2, -0.15) is 0 Å². The van der Waals surface area contributed by atoms with Gasteiger partial charge in [0.2, 0.25) is 0 Å². The molecule has 0 radical (unpaired) electrons. The Morgan fingerprint density at radius 3 is 0.960 bits per heavy atom. The first-order chi connectivity index (χ1) is 61.8. The summed E-state index contributed by atoms with van der Waals surface area (Å²) in [6.07, 6.45) is 0. The molecule has 0 bridgehead atoms. The molecule has 584 valence electrons. The van der Waals surface area contributed by atoms with Crippen LogP contribution in [0.25, 0.3) is 248 Å². The van der Waals surface area contributed by atoms with Crippen LogP contribution in [-0.2, 0) is 0 Å². The third-order valence-electron chi connectivity index (χ3n) is 24.2. The zero-order chi connectivity index (χ0) is 82.6. The van der Waals surface area contributed by atoms with Crippen molar-refractivity contribution in [2.75, 3.05) is 0 Å². The first kappa shape index (κ1) is 72.5. The predicted molar refractivity (Wildman–Crippen MR) is 518 cm³/mol. The van der Waals surface area contributed by atoms with Crippen LogP contribution in [0.15, 0.2) is 421 Å². The Bertz CT molecular complexity index is 8640. The van der Waals surface area contributed by atoms with Crippen molar-refractivity contribution < 1.29 is 8.83 Å². The molecule has 10 nitrogen and oxygen atoms in total. The van der Waals surface area contributed by atoms with E-state index in [9.17, 15) is 0 Å². The van der Waals surface area contributed by atoms with Crippen molar-refractivity contribution in [2.24, 2.45) is 0 Å². The fourth-order valence-electron chi connectivity index (χ4n) is 18.3. The van der Waals surface area contributed by atoms with E-state index in [0.717, 1.165) is 132 Å². The van der Waals surface area contributed by atoms with E-state index in [4.69, 9.17) is 50.3 Å². The van der Waals surface area contributed by atoms with E-state index in [1.165, 1.54) is 75.7 Å². The van der Waals surface area contributed by atoms with Gasteiger partial charge in [-0.1, -0.05) is 327 Å². The highest BCUT2D eigenvalue weighted by Crippen LogP contribution is 2.47. The highest BCUT2D eigenvalue weighted by molar-refractivity contribution is 6.33. The van der Waals surface area contributed by atoms with Crippen LogP contribution in [0.1, 0.15) is 0 Å². The SMILES string of the molecule is Clc1cc(-c2nc(-c3ccccc3)nc(-c3cccc(-c4ccccc4)c3)n2)c2c(c1)oc1c3ccccc3ccc12.c1ccc(-c2cccc(-c3nc(-c4ccccc4)nc(-c4cc(-n5c6cc7ccccc7cc6c6cc7ccccc7cc65)cc5oc6c7ccccc7ccc6c45)n3)c2)cc1.c1ccc2cc3c(cc2c1)[nH]c1cc2ccccc2cc13. The second kappa shape index (κ2) is 30.0. The maximum absolute atomic E-state index is 7.04. The lowest BCUT2D eigenvalue weighted by Gasteiger charge is -2.13. The maximum atomic E-state index is 7.04. The second-order valence-corrected chi connectivity index (χ2v) is 32.3. The van der Waals surface area contributed by atoms with Crippen molar-refractivity contribution in [1.82, 2.24) is 39.5 Å². The van der Waals surface area contributed by atoms with Gasteiger partial charge in [0.25, 0.3) is 0 Å². The average molecular weight is 1620 g/mol. The van der Waals surface area contributed by atoms with Crippen LogP contribution in [0.4, 0.5) is 0 Å². The van der Waals surface area contributed by atoms with E-state index in [-0.39, 0.29) is 0 Å². The number of hydrogen-bond acceptors (Lipinski definition) is 8. The summed E-state index contributed by atoms with van der Waals surface area (Å²) in [6.45, 7) is 0. The molecule has 0 saturated carbocycles. The molecule has 0 amide bonds. The topological polar surface area (TPSA) is 124 Å². The van der Waals surface area contributed by atoms with Crippen molar-refractivity contribution in [2.45, 2.75) is 0 Å². The molecule has 6 heterocycles. The van der Waals surface area contributed by atoms with Crippen LogP contribution in [0.2, 0.25) is 5.02 Å². The highest BCUT2D eigenvalue weighted by Gasteiger charge is 2.26. The normalized spacial score (nSPS) is 11.7. The van der Waals surface area contributed by atoms with Crippen molar-refractivity contribution in [3.63, 3.8) is 0 Å². The molecule has 0 aliphatic heterocycles. The molecule has 11 heteroatoms. The first-order valence-corrected chi connectivity index (χ1v) is 42.2. The minimum atomic E-state index is 0.535. The van der Waals surface area contributed by atoms with Crippen LogP contribution >= 0.6 is 11.6 Å². The number of nitrogens with one attached hydrogen (secondary N) is 1. The summed E-state index contributed by atoms with van der Waals surface area (Å²) in [7, 11) is 0. The van der Waals surface area contributed by atoms with Gasteiger partial charge in [-0.25, -0.2) is 29.9 Å². The van der Waals surface area contributed by atoms with Crippen molar-refractivity contribution in [3.05, 3.63) is 418 Å².